The molecule has 30 heavy (non-hydrogen) atoms. The molecule has 4 rings (SSSR count). The first-order valence-corrected chi connectivity index (χ1v) is 10.5. The lowest BCUT2D eigenvalue weighted by Crippen LogP contribution is -2.32. The van der Waals surface area contributed by atoms with Crippen LogP contribution in [0.3, 0.4) is 0 Å². The first kappa shape index (κ1) is 20.3. The number of benzene rings is 3. The molecule has 1 heterocycles. The third-order valence-electron chi connectivity index (χ3n) is 4.52. The molecule has 148 valence electrons. The summed E-state index contributed by atoms with van der Waals surface area (Å²) in [5.74, 6) is -0.740. The van der Waals surface area contributed by atoms with Gasteiger partial charge in [-0.05, 0) is 54.1 Å². The Hall–Kier alpha value is -3.03. The Bertz CT molecular complexity index is 1200. The summed E-state index contributed by atoms with van der Waals surface area (Å²) >= 11 is 6.96. The molecule has 0 saturated heterocycles. The fourth-order valence-corrected chi connectivity index (χ4v) is 3.78. The normalized spacial score (nSPS) is 14.9. The van der Waals surface area contributed by atoms with Gasteiger partial charge < -0.3 is 5.11 Å². The molecule has 0 spiro atoms. The molecule has 7 heteroatoms. The molecular formula is C23H14Br2N2O3. The molecule has 0 fully saturated rings. The number of aliphatic imine (C=N–C) groups is 1. The van der Waals surface area contributed by atoms with Crippen LogP contribution in [0.15, 0.2) is 92.4 Å². The van der Waals surface area contributed by atoms with Crippen LogP contribution in [0, 0.1) is 0 Å². The van der Waals surface area contributed by atoms with Crippen LogP contribution in [0.5, 0.6) is 0 Å². The summed E-state index contributed by atoms with van der Waals surface area (Å²) < 4.78 is 1.73. The number of halogens is 2. The van der Waals surface area contributed by atoms with Crippen LogP contribution in [0.25, 0.3) is 6.08 Å². The number of carbonyl (C=O) groups excluding carboxylic acids is 1. The fraction of sp³-hybridized carbons (Fsp3) is 0. The molecule has 0 aliphatic carbocycles. The van der Waals surface area contributed by atoms with E-state index in [4.69, 9.17) is 5.11 Å². The highest BCUT2D eigenvalue weighted by atomic mass is 79.9. The second-order valence-electron chi connectivity index (χ2n) is 6.49. The second kappa shape index (κ2) is 8.38. The largest absolute Gasteiger partial charge is 0.478 e. The van der Waals surface area contributed by atoms with Crippen molar-refractivity contribution in [1.82, 2.24) is 0 Å². The maximum atomic E-state index is 13.3. The Morgan fingerprint density at radius 3 is 2.23 bits per heavy atom. The van der Waals surface area contributed by atoms with Gasteiger partial charge >= 0.3 is 5.97 Å². The Labute approximate surface area is 189 Å². The minimum absolute atomic E-state index is 0.184. The number of amides is 1. The van der Waals surface area contributed by atoms with Gasteiger partial charge in [0.1, 0.15) is 11.5 Å². The number of hydrogen-bond acceptors (Lipinski definition) is 3. The maximum Gasteiger partial charge on any atom is 0.335 e. The molecule has 0 unspecified atom stereocenters. The minimum Gasteiger partial charge on any atom is -0.478 e. The number of anilines is 1. The third kappa shape index (κ3) is 3.99. The molecule has 5 nitrogen and oxygen atoms in total. The molecular weight excluding hydrogens is 512 g/mol. The predicted molar refractivity (Wildman–Crippen MR) is 124 cm³/mol. The van der Waals surface area contributed by atoms with Crippen LogP contribution >= 0.6 is 31.9 Å². The summed E-state index contributed by atoms with van der Waals surface area (Å²) in [6, 6.07) is 21.3. The van der Waals surface area contributed by atoms with Crippen molar-refractivity contribution in [3.05, 3.63) is 104 Å². The average molecular weight is 526 g/mol. The summed E-state index contributed by atoms with van der Waals surface area (Å²) in [5, 5.41) is 9.06. The van der Waals surface area contributed by atoms with Gasteiger partial charge in [-0.25, -0.2) is 9.79 Å². The smallest absolute Gasteiger partial charge is 0.335 e. The summed E-state index contributed by atoms with van der Waals surface area (Å²) in [4.78, 5) is 30.5. The average Bonchev–Trinajstić information content (AvgIpc) is 3.05. The Morgan fingerprint density at radius 1 is 0.933 bits per heavy atom. The first-order valence-electron chi connectivity index (χ1n) is 8.93. The number of carboxylic acids is 1. The van der Waals surface area contributed by atoms with E-state index in [2.05, 4.69) is 36.9 Å². The number of nitrogens with zero attached hydrogens (tertiary/aromatic N) is 2. The van der Waals surface area contributed by atoms with Gasteiger partial charge in [-0.3, -0.25) is 9.69 Å². The van der Waals surface area contributed by atoms with E-state index in [9.17, 15) is 9.59 Å². The highest BCUT2D eigenvalue weighted by Crippen LogP contribution is 2.31. The number of carbonyl (C=O) groups is 2. The van der Waals surface area contributed by atoms with Crippen molar-refractivity contribution in [2.75, 3.05) is 4.90 Å². The monoisotopic (exact) mass is 524 g/mol. The Kier molecular flexibility index (Phi) is 5.65. The molecule has 3 aromatic carbocycles. The molecule has 0 aromatic heterocycles. The molecule has 0 atom stereocenters. The van der Waals surface area contributed by atoms with E-state index in [0.717, 1.165) is 14.5 Å². The first-order chi connectivity index (χ1) is 14.4. The minimum atomic E-state index is -0.998. The highest BCUT2D eigenvalue weighted by Gasteiger charge is 2.33. The standard InChI is InChI=1S/C23H14Br2N2O3/c24-16-9-11-17(12-10-16)27-21(18-3-1-2-4-19(18)25)26-20(22(27)28)13-14-5-7-15(8-6-14)23(29)30/h1-13H,(H,29,30)/b20-13+. The lowest BCUT2D eigenvalue weighted by Gasteiger charge is -2.19. The topological polar surface area (TPSA) is 70.0 Å². The molecule has 0 saturated carbocycles. The quantitative estimate of drug-likeness (QED) is 0.441. The van der Waals surface area contributed by atoms with Crippen LogP contribution < -0.4 is 4.90 Å². The zero-order chi connectivity index (χ0) is 21.3. The Morgan fingerprint density at radius 2 is 1.60 bits per heavy atom. The van der Waals surface area contributed by atoms with Gasteiger partial charge in [0, 0.05) is 14.5 Å². The van der Waals surface area contributed by atoms with Crippen molar-refractivity contribution in [3.63, 3.8) is 0 Å². The lowest BCUT2D eigenvalue weighted by molar-refractivity contribution is -0.113. The van der Waals surface area contributed by atoms with Gasteiger partial charge in [-0.15, -0.1) is 0 Å². The summed E-state index contributed by atoms with van der Waals surface area (Å²) in [5.41, 5.74) is 2.63. The van der Waals surface area contributed by atoms with Crippen molar-refractivity contribution in [2.24, 2.45) is 4.99 Å². The van der Waals surface area contributed by atoms with Crippen molar-refractivity contribution in [2.45, 2.75) is 0 Å². The van der Waals surface area contributed by atoms with Crippen LogP contribution in [-0.4, -0.2) is 22.8 Å². The maximum absolute atomic E-state index is 13.3. The summed E-state index contributed by atoms with van der Waals surface area (Å²) in [7, 11) is 0. The molecule has 0 radical (unpaired) electrons. The van der Waals surface area contributed by atoms with E-state index in [1.165, 1.54) is 12.1 Å². The van der Waals surface area contributed by atoms with Crippen molar-refractivity contribution < 1.29 is 14.7 Å². The molecule has 1 amide bonds. The molecule has 1 aliphatic heterocycles. The zero-order valence-electron chi connectivity index (χ0n) is 15.4. The SMILES string of the molecule is O=C(O)c1ccc(/C=C2/N=C(c3ccccc3Br)N(c3ccc(Br)cc3)C2=O)cc1. The van der Waals surface area contributed by atoms with Gasteiger partial charge in [-0.2, -0.15) is 0 Å². The summed E-state index contributed by atoms with van der Waals surface area (Å²) in [6.07, 6.45) is 1.66. The van der Waals surface area contributed by atoms with Gasteiger partial charge in [0.2, 0.25) is 0 Å². The van der Waals surface area contributed by atoms with Crippen molar-refractivity contribution in [3.8, 4) is 0 Å². The van der Waals surface area contributed by atoms with Crippen molar-refractivity contribution in [1.29, 1.82) is 0 Å². The Balaban J connectivity index is 1.80. The van der Waals surface area contributed by atoms with Crippen LogP contribution in [-0.2, 0) is 4.79 Å². The number of amidine groups is 1. The van der Waals surface area contributed by atoms with Crippen molar-refractivity contribution >= 4 is 61.3 Å². The summed E-state index contributed by atoms with van der Waals surface area (Å²) in [6.45, 7) is 0. The van der Waals surface area contributed by atoms with Gasteiger partial charge in [-0.1, -0.05) is 62.2 Å². The number of aromatic carboxylic acids is 1. The highest BCUT2D eigenvalue weighted by molar-refractivity contribution is 9.10. The second-order valence-corrected chi connectivity index (χ2v) is 8.26. The molecule has 3 aromatic rings. The van der Waals surface area contributed by atoms with E-state index in [-0.39, 0.29) is 17.2 Å². The van der Waals surface area contributed by atoms with Crippen LogP contribution in [0.2, 0.25) is 0 Å². The molecule has 1 N–H and O–H groups in total. The number of rotatable bonds is 4. The van der Waals surface area contributed by atoms with E-state index in [0.29, 0.717) is 17.1 Å². The van der Waals surface area contributed by atoms with E-state index in [1.54, 1.807) is 23.1 Å². The lowest BCUT2D eigenvalue weighted by atomic mass is 10.1. The van der Waals surface area contributed by atoms with Gasteiger partial charge in [0.15, 0.2) is 0 Å². The third-order valence-corrected chi connectivity index (χ3v) is 5.74. The van der Waals surface area contributed by atoms with Crippen LogP contribution in [0.4, 0.5) is 5.69 Å². The van der Waals surface area contributed by atoms with E-state index in [1.807, 2.05) is 48.5 Å². The number of hydrogen-bond donors (Lipinski definition) is 1. The molecule has 0 bridgehead atoms. The molecule has 1 aliphatic rings. The van der Waals surface area contributed by atoms with Gasteiger partial charge in [0.25, 0.3) is 5.91 Å². The van der Waals surface area contributed by atoms with Crippen LogP contribution in [0.1, 0.15) is 21.5 Å². The number of carboxylic acid groups (broad SMARTS) is 1. The van der Waals surface area contributed by atoms with E-state index < -0.39 is 5.97 Å². The zero-order valence-corrected chi connectivity index (χ0v) is 18.6. The predicted octanol–water partition coefficient (Wildman–Crippen LogP) is 5.74. The fourth-order valence-electron chi connectivity index (χ4n) is 3.05. The van der Waals surface area contributed by atoms with E-state index >= 15 is 0 Å². The van der Waals surface area contributed by atoms with Gasteiger partial charge in [0.05, 0.1) is 11.3 Å².